The Morgan fingerprint density at radius 1 is 0.909 bits per heavy atom. The van der Waals surface area contributed by atoms with E-state index in [1.54, 1.807) is 0 Å². The maximum absolute atomic E-state index is 5.73. The monoisotopic (exact) mass is 294 g/mol. The van der Waals surface area contributed by atoms with E-state index in [2.05, 4.69) is 46.4 Å². The number of hydrogen-bond acceptors (Lipinski definition) is 4. The summed E-state index contributed by atoms with van der Waals surface area (Å²) in [5.74, 6) is 0.541. The predicted octanol–water partition coefficient (Wildman–Crippen LogP) is 2.42. The smallest absolute Gasteiger partial charge is 0.142 e. The first kappa shape index (κ1) is 13.2. The quantitative estimate of drug-likeness (QED) is 0.788. The van der Waals surface area contributed by atoms with Gasteiger partial charge >= 0.3 is 0 Å². The summed E-state index contributed by atoms with van der Waals surface area (Å²) in [5, 5.41) is 0. The molecule has 1 fully saturated rings. The number of nitrogens with zero attached hydrogens (tertiary/aromatic N) is 3. The van der Waals surface area contributed by atoms with E-state index in [0.29, 0.717) is 5.82 Å². The molecule has 4 rings (SSSR count). The highest BCUT2D eigenvalue weighted by Crippen LogP contribution is 2.24. The van der Waals surface area contributed by atoms with Crippen LogP contribution in [0.2, 0.25) is 0 Å². The number of benzene rings is 1. The molecule has 1 saturated heterocycles. The summed E-state index contributed by atoms with van der Waals surface area (Å²) in [6, 6.07) is 12.7. The van der Waals surface area contributed by atoms with Gasteiger partial charge in [0.15, 0.2) is 0 Å². The number of hydrogen-bond donors (Lipinski definition) is 1. The lowest BCUT2D eigenvalue weighted by Gasteiger charge is -2.28. The molecule has 112 valence electrons. The molecule has 0 aliphatic carbocycles. The van der Waals surface area contributed by atoms with Crippen molar-refractivity contribution in [3.05, 3.63) is 48.8 Å². The highest BCUT2D eigenvalue weighted by molar-refractivity contribution is 5.67. The van der Waals surface area contributed by atoms with Crippen LogP contribution in [0.1, 0.15) is 0 Å². The predicted molar refractivity (Wildman–Crippen MR) is 88.1 cm³/mol. The van der Waals surface area contributed by atoms with Gasteiger partial charge in [0.05, 0.1) is 19.4 Å². The van der Waals surface area contributed by atoms with Crippen LogP contribution in [0, 0.1) is 0 Å². The van der Waals surface area contributed by atoms with E-state index in [4.69, 9.17) is 10.5 Å². The molecule has 2 N–H and O–H groups in total. The first-order valence-corrected chi connectivity index (χ1v) is 7.47. The lowest BCUT2D eigenvalue weighted by atomic mass is 10.1. The van der Waals surface area contributed by atoms with Gasteiger partial charge in [-0.1, -0.05) is 12.1 Å². The number of aromatic nitrogens is 2. The van der Waals surface area contributed by atoms with E-state index in [1.807, 2.05) is 16.7 Å². The molecule has 1 aliphatic heterocycles. The Labute approximate surface area is 128 Å². The van der Waals surface area contributed by atoms with Crippen LogP contribution in [0.4, 0.5) is 11.5 Å². The minimum atomic E-state index is 0.541. The summed E-state index contributed by atoms with van der Waals surface area (Å²) in [4.78, 5) is 6.60. The van der Waals surface area contributed by atoms with Gasteiger partial charge in [0.2, 0.25) is 0 Å². The van der Waals surface area contributed by atoms with Gasteiger partial charge in [-0.2, -0.15) is 0 Å². The number of ether oxygens (including phenoxy) is 1. The number of nitrogen functional groups attached to an aromatic ring is 1. The second-order valence-electron chi connectivity index (χ2n) is 5.50. The third-order valence-corrected chi connectivity index (χ3v) is 4.05. The molecule has 0 unspecified atom stereocenters. The molecule has 0 radical (unpaired) electrons. The number of imidazole rings is 1. The molecule has 3 aromatic rings. The molecule has 2 aromatic heterocycles. The Kier molecular flexibility index (Phi) is 3.20. The molecule has 0 spiro atoms. The van der Waals surface area contributed by atoms with Crippen molar-refractivity contribution in [1.82, 2.24) is 9.38 Å². The van der Waals surface area contributed by atoms with E-state index in [9.17, 15) is 0 Å². The maximum atomic E-state index is 5.73. The van der Waals surface area contributed by atoms with Crippen molar-refractivity contribution in [2.24, 2.45) is 0 Å². The Morgan fingerprint density at radius 2 is 1.64 bits per heavy atom. The Balaban J connectivity index is 1.63. The zero-order valence-corrected chi connectivity index (χ0v) is 12.3. The van der Waals surface area contributed by atoms with E-state index < -0.39 is 0 Å². The molecule has 0 amide bonds. The van der Waals surface area contributed by atoms with Crippen molar-refractivity contribution in [2.45, 2.75) is 0 Å². The van der Waals surface area contributed by atoms with Crippen molar-refractivity contribution >= 4 is 17.2 Å². The van der Waals surface area contributed by atoms with E-state index in [-0.39, 0.29) is 0 Å². The molecule has 1 aromatic carbocycles. The highest BCUT2D eigenvalue weighted by Gasteiger charge is 2.11. The van der Waals surface area contributed by atoms with Crippen LogP contribution in [0.25, 0.3) is 16.8 Å². The number of anilines is 2. The second-order valence-corrected chi connectivity index (χ2v) is 5.50. The van der Waals surface area contributed by atoms with Crippen LogP contribution in [-0.4, -0.2) is 35.7 Å². The van der Waals surface area contributed by atoms with Gasteiger partial charge in [-0.05, 0) is 35.4 Å². The van der Waals surface area contributed by atoms with Gasteiger partial charge in [-0.15, -0.1) is 0 Å². The Bertz CT molecular complexity index is 788. The number of fused-ring (bicyclic) bond motifs is 1. The molecule has 1 aliphatic rings. The van der Waals surface area contributed by atoms with E-state index in [0.717, 1.165) is 37.5 Å². The lowest BCUT2D eigenvalue weighted by molar-refractivity contribution is 0.122. The van der Waals surface area contributed by atoms with Crippen molar-refractivity contribution in [1.29, 1.82) is 0 Å². The standard InChI is InChI=1S/C17H18N4O/c18-16-12-21-11-14(3-6-17(21)19-16)13-1-4-15(5-2-13)20-7-9-22-10-8-20/h1-6,11-12H,7-10,18H2. The SMILES string of the molecule is Nc1cn2cc(-c3ccc(N4CCOCC4)cc3)ccc2n1. The third-order valence-electron chi connectivity index (χ3n) is 4.05. The first-order chi connectivity index (χ1) is 10.8. The van der Waals surface area contributed by atoms with Gasteiger partial charge in [0, 0.05) is 25.0 Å². The van der Waals surface area contributed by atoms with Crippen molar-refractivity contribution < 1.29 is 4.74 Å². The molecule has 0 bridgehead atoms. The summed E-state index contributed by atoms with van der Waals surface area (Å²) < 4.78 is 7.36. The summed E-state index contributed by atoms with van der Waals surface area (Å²) in [6.07, 6.45) is 3.89. The van der Waals surface area contributed by atoms with Crippen LogP contribution < -0.4 is 10.6 Å². The van der Waals surface area contributed by atoms with Crippen LogP contribution in [0.3, 0.4) is 0 Å². The number of morpholine rings is 1. The lowest BCUT2D eigenvalue weighted by Crippen LogP contribution is -2.36. The molecule has 5 nitrogen and oxygen atoms in total. The fourth-order valence-corrected chi connectivity index (χ4v) is 2.87. The van der Waals surface area contributed by atoms with Crippen LogP contribution in [0.5, 0.6) is 0 Å². The number of pyridine rings is 1. The van der Waals surface area contributed by atoms with Gasteiger partial charge < -0.3 is 19.8 Å². The van der Waals surface area contributed by atoms with E-state index in [1.165, 1.54) is 11.3 Å². The molecular formula is C17H18N4O. The fourth-order valence-electron chi connectivity index (χ4n) is 2.87. The molecule has 0 atom stereocenters. The molecule has 22 heavy (non-hydrogen) atoms. The zero-order valence-electron chi connectivity index (χ0n) is 12.3. The minimum absolute atomic E-state index is 0.541. The molecule has 5 heteroatoms. The molecule has 3 heterocycles. The van der Waals surface area contributed by atoms with Crippen LogP contribution in [-0.2, 0) is 4.74 Å². The van der Waals surface area contributed by atoms with Crippen LogP contribution in [0.15, 0.2) is 48.8 Å². The summed E-state index contributed by atoms with van der Waals surface area (Å²) in [7, 11) is 0. The minimum Gasteiger partial charge on any atom is -0.382 e. The fraction of sp³-hybridized carbons (Fsp3) is 0.235. The molecule has 0 saturated carbocycles. The zero-order chi connectivity index (χ0) is 14.9. The van der Waals surface area contributed by atoms with Crippen LogP contribution >= 0.6 is 0 Å². The van der Waals surface area contributed by atoms with Gasteiger partial charge in [0.1, 0.15) is 11.5 Å². The van der Waals surface area contributed by atoms with Crippen molar-refractivity contribution in [3.8, 4) is 11.1 Å². The van der Waals surface area contributed by atoms with Crippen molar-refractivity contribution in [3.63, 3.8) is 0 Å². The van der Waals surface area contributed by atoms with E-state index >= 15 is 0 Å². The molecular weight excluding hydrogens is 276 g/mol. The number of nitrogens with two attached hydrogens (primary N) is 1. The topological polar surface area (TPSA) is 55.8 Å². The van der Waals surface area contributed by atoms with Gasteiger partial charge in [-0.3, -0.25) is 0 Å². The normalized spacial score (nSPS) is 15.4. The second kappa shape index (κ2) is 5.35. The summed E-state index contributed by atoms with van der Waals surface area (Å²) in [5.41, 5.74) is 10.2. The summed E-state index contributed by atoms with van der Waals surface area (Å²) >= 11 is 0. The first-order valence-electron chi connectivity index (χ1n) is 7.47. The Hall–Kier alpha value is -2.53. The summed E-state index contributed by atoms with van der Waals surface area (Å²) in [6.45, 7) is 3.53. The highest BCUT2D eigenvalue weighted by atomic mass is 16.5. The van der Waals surface area contributed by atoms with Gasteiger partial charge in [-0.25, -0.2) is 4.98 Å². The maximum Gasteiger partial charge on any atom is 0.142 e. The average molecular weight is 294 g/mol. The number of rotatable bonds is 2. The largest absolute Gasteiger partial charge is 0.382 e. The van der Waals surface area contributed by atoms with Crippen molar-refractivity contribution in [2.75, 3.05) is 36.9 Å². The Morgan fingerprint density at radius 3 is 2.41 bits per heavy atom. The average Bonchev–Trinajstić information content (AvgIpc) is 2.95. The van der Waals surface area contributed by atoms with Gasteiger partial charge in [0.25, 0.3) is 0 Å². The third kappa shape index (κ3) is 2.40.